The fraction of sp³-hybridized carbons (Fsp3) is 0.833. The average molecular weight is 228 g/mol. The molecule has 16 heavy (non-hydrogen) atoms. The van der Waals surface area contributed by atoms with Gasteiger partial charge in [-0.05, 0) is 26.7 Å². The maximum atomic E-state index is 9.50. The molecule has 92 valence electrons. The highest BCUT2D eigenvalue weighted by Gasteiger charge is 2.40. The van der Waals surface area contributed by atoms with Crippen molar-refractivity contribution in [1.29, 1.82) is 0 Å². The van der Waals surface area contributed by atoms with Crippen molar-refractivity contribution in [3.63, 3.8) is 0 Å². The summed E-state index contributed by atoms with van der Waals surface area (Å²) in [6.07, 6.45) is 5.66. The van der Waals surface area contributed by atoms with E-state index in [4.69, 9.17) is 21.0 Å². The maximum Gasteiger partial charge on any atom is 0.163 e. The number of aliphatic hydroxyl groups is 2. The SMILES string of the molecule is C#CCC(O)CC[C@@H]1OC(C)(C)O[C@@H]1CO. The van der Waals surface area contributed by atoms with Crippen LogP contribution in [-0.4, -0.2) is 40.9 Å². The summed E-state index contributed by atoms with van der Waals surface area (Å²) in [5, 5.41) is 18.6. The first-order chi connectivity index (χ1) is 7.48. The van der Waals surface area contributed by atoms with Crippen LogP contribution in [0.1, 0.15) is 33.1 Å². The Bertz CT molecular complexity index is 256. The van der Waals surface area contributed by atoms with Gasteiger partial charge in [0.2, 0.25) is 0 Å². The van der Waals surface area contributed by atoms with E-state index in [1.54, 1.807) is 0 Å². The molecule has 1 rings (SSSR count). The largest absolute Gasteiger partial charge is 0.394 e. The van der Waals surface area contributed by atoms with Crippen LogP contribution in [0.15, 0.2) is 0 Å². The Labute approximate surface area is 96.6 Å². The second-order valence-corrected chi connectivity index (χ2v) is 4.53. The lowest BCUT2D eigenvalue weighted by Gasteiger charge is -2.17. The molecule has 0 amide bonds. The van der Waals surface area contributed by atoms with Gasteiger partial charge < -0.3 is 19.7 Å². The molecule has 1 heterocycles. The molecule has 0 aromatic rings. The minimum atomic E-state index is -0.658. The summed E-state index contributed by atoms with van der Waals surface area (Å²) in [5.41, 5.74) is 0. The molecule has 0 aromatic heterocycles. The van der Waals surface area contributed by atoms with E-state index in [2.05, 4.69) is 5.92 Å². The third-order valence-electron chi connectivity index (χ3n) is 2.60. The molecule has 0 aromatic carbocycles. The molecule has 1 fully saturated rings. The Hall–Kier alpha value is -0.600. The van der Waals surface area contributed by atoms with Crippen molar-refractivity contribution in [3.05, 3.63) is 0 Å². The minimum absolute atomic E-state index is 0.0701. The van der Waals surface area contributed by atoms with Crippen molar-refractivity contribution >= 4 is 0 Å². The maximum absolute atomic E-state index is 9.50. The third kappa shape index (κ3) is 3.76. The zero-order valence-corrected chi connectivity index (χ0v) is 9.85. The van der Waals surface area contributed by atoms with Gasteiger partial charge >= 0.3 is 0 Å². The summed E-state index contributed by atoms with van der Waals surface area (Å²) >= 11 is 0. The number of ether oxygens (including phenoxy) is 2. The summed E-state index contributed by atoms with van der Waals surface area (Å²) < 4.78 is 11.1. The zero-order valence-electron chi connectivity index (χ0n) is 9.85. The summed E-state index contributed by atoms with van der Waals surface area (Å²) in [6, 6.07) is 0. The van der Waals surface area contributed by atoms with Gasteiger partial charge in [-0.25, -0.2) is 0 Å². The van der Waals surface area contributed by atoms with E-state index < -0.39 is 11.9 Å². The van der Waals surface area contributed by atoms with Crippen molar-refractivity contribution in [2.75, 3.05) is 6.61 Å². The van der Waals surface area contributed by atoms with Gasteiger partial charge in [0.15, 0.2) is 5.79 Å². The molecule has 1 unspecified atom stereocenters. The van der Waals surface area contributed by atoms with Gasteiger partial charge in [0.05, 0.1) is 18.8 Å². The highest BCUT2D eigenvalue weighted by atomic mass is 16.8. The fourth-order valence-electron chi connectivity index (χ4n) is 1.90. The van der Waals surface area contributed by atoms with Gasteiger partial charge in [-0.2, -0.15) is 0 Å². The van der Waals surface area contributed by atoms with Crippen LogP contribution in [0.5, 0.6) is 0 Å². The van der Waals surface area contributed by atoms with E-state index in [1.165, 1.54) is 0 Å². The molecule has 4 heteroatoms. The van der Waals surface area contributed by atoms with Crippen LogP contribution in [0.2, 0.25) is 0 Å². The predicted octanol–water partition coefficient (Wildman–Crippen LogP) is 0.663. The van der Waals surface area contributed by atoms with Crippen molar-refractivity contribution in [2.24, 2.45) is 0 Å². The van der Waals surface area contributed by atoms with Crippen LogP contribution in [-0.2, 0) is 9.47 Å². The number of rotatable bonds is 5. The third-order valence-corrected chi connectivity index (χ3v) is 2.60. The van der Waals surface area contributed by atoms with E-state index in [0.29, 0.717) is 19.3 Å². The fourth-order valence-corrected chi connectivity index (χ4v) is 1.90. The van der Waals surface area contributed by atoms with Crippen LogP contribution < -0.4 is 0 Å². The minimum Gasteiger partial charge on any atom is -0.394 e. The van der Waals surface area contributed by atoms with Crippen LogP contribution >= 0.6 is 0 Å². The Balaban J connectivity index is 2.39. The van der Waals surface area contributed by atoms with Gasteiger partial charge in [0.25, 0.3) is 0 Å². The number of terminal acetylenes is 1. The van der Waals surface area contributed by atoms with Gasteiger partial charge in [0, 0.05) is 6.42 Å². The van der Waals surface area contributed by atoms with E-state index in [1.807, 2.05) is 13.8 Å². The van der Waals surface area contributed by atoms with Gasteiger partial charge in [-0.3, -0.25) is 0 Å². The van der Waals surface area contributed by atoms with Crippen LogP contribution in [0.3, 0.4) is 0 Å². The molecule has 1 aliphatic heterocycles. The summed E-state index contributed by atoms with van der Waals surface area (Å²) in [6.45, 7) is 3.56. The number of hydrogen-bond acceptors (Lipinski definition) is 4. The molecule has 1 saturated heterocycles. The second-order valence-electron chi connectivity index (χ2n) is 4.53. The van der Waals surface area contributed by atoms with E-state index in [0.717, 1.165) is 0 Å². The van der Waals surface area contributed by atoms with Crippen molar-refractivity contribution in [2.45, 2.75) is 57.2 Å². The molecule has 0 bridgehead atoms. The molecular weight excluding hydrogens is 208 g/mol. The standard InChI is InChI=1S/C12H20O4/c1-4-5-9(14)6-7-10-11(8-13)16-12(2,3)15-10/h1,9-11,13-14H,5-8H2,2-3H3/t9?,10-,11+/m0/s1. The van der Waals surface area contributed by atoms with E-state index in [-0.39, 0.29) is 18.8 Å². The van der Waals surface area contributed by atoms with Crippen LogP contribution in [0, 0.1) is 12.3 Å². The van der Waals surface area contributed by atoms with Crippen molar-refractivity contribution in [1.82, 2.24) is 0 Å². The first kappa shape index (κ1) is 13.5. The Morgan fingerprint density at radius 3 is 2.56 bits per heavy atom. The molecule has 0 radical (unpaired) electrons. The Kier molecular flexibility index (Phi) is 4.75. The molecular formula is C12H20O4. The highest BCUT2D eigenvalue weighted by molar-refractivity contribution is 4.88. The number of hydrogen-bond donors (Lipinski definition) is 2. The summed E-state index contributed by atoms with van der Waals surface area (Å²) in [7, 11) is 0. The van der Waals surface area contributed by atoms with Crippen LogP contribution in [0.25, 0.3) is 0 Å². The summed E-state index contributed by atoms with van der Waals surface area (Å²) in [4.78, 5) is 0. The molecule has 0 aliphatic carbocycles. The van der Waals surface area contributed by atoms with Crippen molar-refractivity contribution in [3.8, 4) is 12.3 Å². The lowest BCUT2D eigenvalue weighted by atomic mass is 10.0. The highest BCUT2D eigenvalue weighted by Crippen LogP contribution is 2.30. The zero-order chi connectivity index (χ0) is 12.2. The van der Waals surface area contributed by atoms with E-state index >= 15 is 0 Å². The molecule has 1 aliphatic rings. The van der Waals surface area contributed by atoms with E-state index in [9.17, 15) is 5.11 Å². The molecule has 0 spiro atoms. The van der Waals surface area contributed by atoms with Gasteiger partial charge in [-0.1, -0.05) is 0 Å². The smallest absolute Gasteiger partial charge is 0.163 e. The molecule has 0 saturated carbocycles. The first-order valence-electron chi connectivity index (χ1n) is 5.56. The van der Waals surface area contributed by atoms with Gasteiger partial charge in [-0.15, -0.1) is 12.3 Å². The van der Waals surface area contributed by atoms with Crippen LogP contribution in [0.4, 0.5) is 0 Å². The average Bonchev–Trinajstić information content (AvgIpc) is 2.51. The first-order valence-corrected chi connectivity index (χ1v) is 5.56. The quantitative estimate of drug-likeness (QED) is 0.679. The normalized spacial score (nSPS) is 29.9. The summed E-state index contributed by atoms with van der Waals surface area (Å²) in [5.74, 6) is 1.76. The topological polar surface area (TPSA) is 58.9 Å². The Morgan fingerprint density at radius 1 is 1.38 bits per heavy atom. The molecule has 3 atom stereocenters. The lowest BCUT2D eigenvalue weighted by Crippen LogP contribution is -2.27. The van der Waals surface area contributed by atoms with Gasteiger partial charge in [0.1, 0.15) is 6.10 Å². The predicted molar refractivity (Wildman–Crippen MR) is 59.6 cm³/mol. The molecule has 4 nitrogen and oxygen atoms in total. The van der Waals surface area contributed by atoms with Crippen molar-refractivity contribution < 1.29 is 19.7 Å². The lowest BCUT2D eigenvalue weighted by molar-refractivity contribution is -0.149. The number of aliphatic hydroxyl groups excluding tert-OH is 2. The Morgan fingerprint density at radius 2 is 2.00 bits per heavy atom. The monoisotopic (exact) mass is 228 g/mol. The molecule has 2 N–H and O–H groups in total. The second kappa shape index (κ2) is 5.65.